The fraction of sp³-hybridized carbons (Fsp3) is 0.500. The van der Waals surface area contributed by atoms with Gasteiger partial charge in [-0.1, -0.05) is 0 Å². The van der Waals surface area contributed by atoms with E-state index in [1.54, 1.807) is 26.0 Å². The van der Waals surface area contributed by atoms with Crippen LogP contribution in [-0.4, -0.2) is 14.5 Å². The summed E-state index contributed by atoms with van der Waals surface area (Å²) in [5.41, 5.74) is 0. The van der Waals surface area contributed by atoms with Crippen molar-refractivity contribution < 1.29 is 21.2 Å². The van der Waals surface area contributed by atoms with Gasteiger partial charge in [-0.05, 0) is 26.0 Å². The van der Waals surface area contributed by atoms with Crippen LogP contribution in [0.15, 0.2) is 22.8 Å². The molecule has 0 radical (unpaired) electrons. The highest BCUT2D eigenvalue weighted by atomic mass is 32.3. The Kier molecular flexibility index (Phi) is 3.68. The minimum Gasteiger partial charge on any atom is -0.467 e. The number of rotatable bonds is 5. The Labute approximate surface area is 83.0 Å². The summed E-state index contributed by atoms with van der Waals surface area (Å²) < 4.78 is 36.1. The van der Waals surface area contributed by atoms with Crippen LogP contribution in [0, 0.1) is 0 Å². The third-order valence-electron chi connectivity index (χ3n) is 1.24. The molecule has 0 aliphatic heterocycles. The van der Waals surface area contributed by atoms with Crippen molar-refractivity contribution in [2.24, 2.45) is 0 Å². The Hall–Kier alpha value is -0.850. The largest absolute Gasteiger partial charge is 0.467 e. The summed E-state index contributed by atoms with van der Waals surface area (Å²) in [5.74, 6) is 0.431. The van der Waals surface area contributed by atoms with E-state index in [0.29, 0.717) is 5.76 Å². The summed E-state index contributed by atoms with van der Waals surface area (Å²) in [6, 6.07) is 3.26. The Morgan fingerprint density at radius 2 is 2.21 bits per heavy atom. The fourth-order valence-electron chi connectivity index (χ4n) is 0.788. The van der Waals surface area contributed by atoms with Crippen LogP contribution in [0.25, 0.3) is 0 Å². The molecule has 0 aromatic carbocycles. The van der Waals surface area contributed by atoms with Gasteiger partial charge >= 0.3 is 10.4 Å². The molecule has 0 amide bonds. The monoisotopic (exact) mass is 220 g/mol. The van der Waals surface area contributed by atoms with Crippen LogP contribution in [0.4, 0.5) is 0 Å². The topological polar surface area (TPSA) is 65.7 Å². The predicted octanol–water partition coefficient (Wildman–Crippen LogP) is 1.47. The van der Waals surface area contributed by atoms with Gasteiger partial charge in [0.1, 0.15) is 12.4 Å². The highest BCUT2D eigenvalue weighted by molar-refractivity contribution is 7.81. The molecule has 1 heterocycles. The average molecular weight is 220 g/mol. The van der Waals surface area contributed by atoms with E-state index < -0.39 is 16.5 Å². The zero-order valence-corrected chi connectivity index (χ0v) is 8.78. The number of hydrogen-bond donors (Lipinski definition) is 0. The van der Waals surface area contributed by atoms with Crippen LogP contribution in [0.3, 0.4) is 0 Å². The average Bonchev–Trinajstić information content (AvgIpc) is 2.50. The van der Waals surface area contributed by atoms with Crippen molar-refractivity contribution in [3.8, 4) is 0 Å². The zero-order chi connectivity index (χ0) is 10.6. The summed E-state index contributed by atoms with van der Waals surface area (Å²) in [7, 11) is -3.92. The van der Waals surface area contributed by atoms with E-state index in [1.807, 2.05) is 0 Å². The molecule has 0 atom stereocenters. The lowest BCUT2D eigenvalue weighted by Gasteiger charge is -2.06. The van der Waals surface area contributed by atoms with Crippen molar-refractivity contribution in [1.82, 2.24) is 0 Å². The third-order valence-corrected chi connectivity index (χ3v) is 2.26. The highest BCUT2D eigenvalue weighted by Crippen LogP contribution is 2.07. The fourth-order valence-corrected chi connectivity index (χ4v) is 1.58. The Bertz CT molecular complexity index is 351. The standard InChI is InChI=1S/C8H12O5S/c1-7(2)13-14(9,10)12-6-8-4-3-5-11-8/h3-5,7H,6H2,1-2H3. The summed E-state index contributed by atoms with van der Waals surface area (Å²) >= 11 is 0. The first-order chi connectivity index (χ1) is 6.49. The molecule has 0 spiro atoms. The van der Waals surface area contributed by atoms with Gasteiger partial charge in [-0.2, -0.15) is 8.42 Å². The lowest BCUT2D eigenvalue weighted by molar-refractivity contribution is 0.166. The van der Waals surface area contributed by atoms with Crippen molar-refractivity contribution >= 4 is 10.4 Å². The van der Waals surface area contributed by atoms with Crippen molar-refractivity contribution in [3.63, 3.8) is 0 Å². The van der Waals surface area contributed by atoms with E-state index in [-0.39, 0.29) is 6.61 Å². The van der Waals surface area contributed by atoms with E-state index in [4.69, 9.17) is 4.42 Å². The minimum atomic E-state index is -3.92. The molecule has 0 aliphatic rings. The lowest BCUT2D eigenvalue weighted by Crippen LogP contribution is -2.14. The van der Waals surface area contributed by atoms with Crippen LogP contribution in [0.1, 0.15) is 19.6 Å². The maximum atomic E-state index is 11.1. The molecule has 6 heteroatoms. The van der Waals surface area contributed by atoms with Gasteiger partial charge in [0.15, 0.2) is 0 Å². The molecule has 0 unspecified atom stereocenters. The summed E-state index contributed by atoms with van der Waals surface area (Å²) in [6.07, 6.45) is 1.01. The van der Waals surface area contributed by atoms with Gasteiger partial charge in [0.05, 0.1) is 12.4 Å². The van der Waals surface area contributed by atoms with Gasteiger partial charge < -0.3 is 4.42 Å². The summed E-state index contributed by atoms with van der Waals surface area (Å²) in [4.78, 5) is 0. The van der Waals surface area contributed by atoms with Crippen LogP contribution in [0.5, 0.6) is 0 Å². The second kappa shape index (κ2) is 4.59. The Balaban J connectivity index is 2.45. The number of furan rings is 1. The van der Waals surface area contributed by atoms with E-state index in [0.717, 1.165) is 0 Å². The smallest absolute Gasteiger partial charge is 0.400 e. The van der Waals surface area contributed by atoms with Crippen LogP contribution in [0.2, 0.25) is 0 Å². The van der Waals surface area contributed by atoms with Gasteiger partial charge in [0.25, 0.3) is 0 Å². The Morgan fingerprint density at radius 1 is 1.50 bits per heavy atom. The molecule has 5 nitrogen and oxygen atoms in total. The van der Waals surface area contributed by atoms with Crippen molar-refractivity contribution in [1.29, 1.82) is 0 Å². The van der Waals surface area contributed by atoms with Crippen molar-refractivity contribution in [2.75, 3.05) is 0 Å². The van der Waals surface area contributed by atoms with Crippen molar-refractivity contribution in [2.45, 2.75) is 26.6 Å². The van der Waals surface area contributed by atoms with Crippen LogP contribution >= 0.6 is 0 Å². The van der Waals surface area contributed by atoms with E-state index in [9.17, 15) is 8.42 Å². The molecule has 0 saturated heterocycles. The summed E-state index contributed by atoms with van der Waals surface area (Å²) in [6.45, 7) is 3.06. The maximum absolute atomic E-state index is 11.1. The van der Waals surface area contributed by atoms with E-state index in [2.05, 4.69) is 8.37 Å². The lowest BCUT2D eigenvalue weighted by atomic mass is 10.5. The van der Waals surface area contributed by atoms with Gasteiger partial charge in [-0.15, -0.1) is 0 Å². The first-order valence-electron chi connectivity index (χ1n) is 4.09. The second-order valence-corrected chi connectivity index (χ2v) is 4.14. The number of hydrogen-bond acceptors (Lipinski definition) is 5. The molecule has 1 aromatic heterocycles. The zero-order valence-electron chi connectivity index (χ0n) is 7.97. The molecule has 80 valence electrons. The Morgan fingerprint density at radius 3 is 2.71 bits per heavy atom. The third kappa shape index (κ3) is 3.91. The SMILES string of the molecule is CC(C)OS(=O)(=O)OCc1ccco1. The van der Waals surface area contributed by atoms with Gasteiger partial charge in [0.2, 0.25) is 0 Å². The second-order valence-electron chi connectivity index (χ2n) is 2.89. The minimum absolute atomic E-state index is 0.151. The van der Waals surface area contributed by atoms with Crippen molar-refractivity contribution in [3.05, 3.63) is 24.2 Å². The first-order valence-corrected chi connectivity index (χ1v) is 5.43. The van der Waals surface area contributed by atoms with Gasteiger partial charge in [0, 0.05) is 0 Å². The highest BCUT2D eigenvalue weighted by Gasteiger charge is 2.14. The molecule has 0 saturated carbocycles. The van der Waals surface area contributed by atoms with Crippen LogP contribution < -0.4 is 0 Å². The molecule has 0 bridgehead atoms. The van der Waals surface area contributed by atoms with E-state index >= 15 is 0 Å². The summed E-state index contributed by atoms with van der Waals surface area (Å²) in [5, 5.41) is 0. The molecular weight excluding hydrogens is 208 g/mol. The predicted molar refractivity (Wildman–Crippen MR) is 48.6 cm³/mol. The maximum Gasteiger partial charge on any atom is 0.400 e. The molecule has 1 aromatic rings. The van der Waals surface area contributed by atoms with Crippen LogP contribution in [-0.2, 0) is 25.4 Å². The quantitative estimate of drug-likeness (QED) is 0.751. The molecule has 14 heavy (non-hydrogen) atoms. The van der Waals surface area contributed by atoms with Gasteiger partial charge in [-0.25, -0.2) is 8.37 Å². The first kappa shape index (κ1) is 11.2. The molecule has 0 fully saturated rings. The molecule has 0 N–H and O–H groups in total. The van der Waals surface area contributed by atoms with E-state index in [1.165, 1.54) is 6.26 Å². The van der Waals surface area contributed by atoms with Gasteiger partial charge in [-0.3, -0.25) is 0 Å². The normalized spacial score (nSPS) is 12.2. The molecular formula is C8H12O5S. The molecule has 1 rings (SSSR count). The molecule has 0 aliphatic carbocycles.